The van der Waals surface area contributed by atoms with Gasteiger partial charge >= 0.3 is 0 Å². The summed E-state index contributed by atoms with van der Waals surface area (Å²) in [6, 6.07) is 19.1. The lowest BCUT2D eigenvalue weighted by molar-refractivity contribution is 0.0726. The molecule has 0 saturated heterocycles. The molecular formula is C22H21N3O2. The van der Waals surface area contributed by atoms with Crippen LogP contribution in [0.2, 0.25) is 0 Å². The van der Waals surface area contributed by atoms with Crippen LogP contribution in [0.1, 0.15) is 32.7 Å². The van der Waals surface area contributed by atoms with Gasteiger partial charge < -0.3 is 4.90 Å². The molecule has 3 aromatic rings. The number of aromatic nitrogens is 2. The van der Waals surface area contributed by atoms with Crippen molar-refractivity contribution in [3.63, 3.8) is 0 Å². The highest BCUT2D eigenvalue weighted by Crippen LogP contribution is 2.19. The van der Waals surface area contributed by atoms with Crippen LogP contribution in [-0.2, 0) is 19.5 Å². The number of nitrogens with zero attached hydrogens (tertiary/aromatic N) is 3. The molecule has 0 aliphatic carbocycles. The van der Waals surface area contributed by atoms with Crippen molar-refractivity contribution in [3.05, 3.63) is 99.0 Å². The third-order valence-electron chi connectivity index (χ3n) is 4.96. The highest BCUT2D eigenvalue weighted by atomic mass is 16.2. The second-order valence-corrected chi connectivity index (χ2v) is 6.95. The Balaban J connectivity index is 1.56. The number of carbonyl (C=O) groups is 1. The summed E-state index contributed by atoms with van der Waals surface area (Å²) in [6.07, 6.45) is 0.838. The highest BCUT2D eigenvalue weighted by Gasteiger charge is 2.23. The molecule has 0 saturated carbocycles. The monoisotopic (exact) mass is 359 g/mol. The number of aryl methyl sites for hydroxylation is 1. The third kappa shape index (κ3) is 3.67. The molecule has 0 spiro atoms. The maximum Gasteiger partial charge on any atom is 0.274 e. The van der Waals surface area contributed by atoms with E-state index in [1.54, 1.807) is 4.90 Å². The predicted molar refractivity (Wildman–Crippen MR) is 104 cm³/mol. The number of amides is 1. The Labute approximate surface area is 157 Å². The number of hydrogen-bond acceptors (Lipinski definition) is 3. The van der Waals surface area contributed by atoms with Crippen molar-refractivity contribution in [2.45, 2.75) is 26.4 Å². The second kappa shape index (κ2) is 7.19. The molecule has 0 radical (unpaired) electrons. The summed E-state index contributed by atoms with van der Waals surface area (Å²) in [5.41, 5.74) is 4.70. The molecule has 1 aromatic heterocycles. The topological polar surface area (TPSA) is 55.2 Å². The molecule has 1 aliphatic heterocycles. The fourth-order valence-corrected chi connectivity index (χ4v) is 3.37. The maximum absolute atomic E-state index is 12.9. The molecule has 0 unspecified atom stereocenters. The van der Waals surface area contributed by atoms with Gasteiger partial charge in [0.05, 0.1) is 6.54 Å². The molecule has 0 N–H and O–H groups in total. The van der Waals surface area contributed by atoms with Crippen molar-refractivity contribution < 1.29 is 4.79 Å². The molecule has 136 valence electrons. The lowest BCUT2D eigenvalue weighted by atomic mass is 10.00. The first-order valence-corrected chi connectivity index (χ1v) is 9.10. The van der Waals surface area contributed by atoms with E-state index in [9.17, 15) is 9.59 Å². The number of carbonyl (C=O) groups excluding carboxylic acids is 1. The quantitative estimate of drug-likeness (QED) is 0.723. The highest BCUT2D eigenvalue weighted by molar-refractivity contribution is 5.92. The second-order valence-electron chi connectivity index (χ2n) is 6.95. The van der Waals surface area contributed by atoms with Gasteiger partial charge in [-0.3, -0.25) is 9.59 Å². The largest absolute Gasteiger partial charge is 0.333 e. The van der Waals surface area contributed by atoms with Crippen molar-refractivity contribution in [2.75, 3.05) is 6.54 Å². The Morgan fingerprint density at radius 2 is 1.74 bits per heavy atom. The van der Waals surface area contributed by atoms with Crippen LogP contribution in [0.3, 0.4) is 0 Å². The van der Waals surface area contributed by atoms with Gasteiger partial charge in [-0.2, -0.15) is 5.10 Å². The van der Waals surface area contributed by atoms with Gasteiger partial charge in [-0.15, -0.1) is 0 Å². The lowest BCUT2D eigenvalue weighted by Crippen LogP contribution is -2.37. The van der Waals surface area contributed by atoms with Gasteiger partial charge in [-0.1, -0.05) is 54.1 Å². The fraction of sp³-hybridized carbons (Fsp3) is 0.227. The molecular weight excluding hydrogens is 338 g/mol. The first-order chi connectivity index (χ1) is 13.1. The third-order valence-corrected chi connectivity index (χ3v) is 4.96. The summed E-state index contributed by atoms with van der Waals surface area (Å²) in [5.74, 6) is -0.137. The Hall–Kier alpha value is -3.21. The van der Waals surface area contributed by atoms with E-state index in [1.165, 1.54) is 27.9 Å². The van der Waals surface area contributed by atoms with Crippen LogP contribution in [0, 0.1) is 6.92 Å². The van der Waals surface area contributed by atoms with Crippen molar-refractivity contribution in [1.82, 2.24) is 14.7 Å². The Morgan fingerprint density at radius 3 is 2.52 bits per heavy atom. The fourth-order valence-electron chi connectivity index (χ4n) is 3.37. The summed E-state index contributed by atoms with van der Waals surface area (Å²) in [5, 5.41) is 4.33. The van der Waals surface area contributed by atoms with E-state index < -0.39 is 0 Å². The van der Waals surface area contributed by atoms with E-state index in [-0.39, 0.29) is 11.5 Å². The summed E-state index contributed by atoms with van der Waals surface area (Å²) in [6.45, 7) is 3.61. The van der Waals surface area contributed by atoms with Crippen molar-refractivity contribution in [3.8, 4) is 0 Å². The molecule has 1 amide bonds. The zero-order chi connectivity index (χ0) is 18.8. The van der Waals surface area contributed by atoms with Gasteiger partial charge in [-0.05, 0) is 36.1 Å². The minimum absolute atomic E-state index is 0.137. The average Bonchev–Trinajstić information content (AvgIpc) is 2.70. The minimum atomic E-state index is -0.212. The van der Waals surface area contributed by atoms with E-state index >= 15 is 0 Å². The standard InChI is InChI=1S/C22H21N3O2/c1-16-6-8-17(9-7-16)14-25-21(26)11-10-20(23-25)22(27)24-13-12-18-4-2-3-5-19(18)15-24/h2-11H,12-15H2,1H3. The van der Waals surface area contributed by atoms with E-state index in [0.717, 1.165) is 17.5 Å². The van der Waals surface area contributed by atoms with E-state index in [0.29, 0.717) is 25.3 Å². The van der Waals surface area contributed by atoms with Crippen LogP contribution in [0.5, 0.6) is 0 Å². The van der Waals surface area contributed by atoms with Gasteiger partial charge in [0.1, 0.15) is 5.69 Å². The number of hydrogen-bond donors (Lipinski definition) is 0. The van der Waals surface area contributed by atoms with Gasteiger partial charge in [-0.25, -0.2) is 4.68 Å². The Morgan fingerprint density at radius 1 is 1.00 bits per heavy atom. The molecule has 5 heteroatoms. The lowest BCUT2D eigenvalue weighted by Gasteiger charge is -2.28. The first-order valence-electron chi connectivity index (χ1n) is 9.10. The van der Waals surface area contributed by atoms with Gasteiger partial charge in [0.25, 0.3) is 11.5 Å². The zero-order valence-electron chi connectivity index (χ0n) is 15.3. The summed E-state index contributed by atoms with van der Waals surface area (Å²) in [7, 11) is 0. The molecule has 2 heterocycles. The molecule has 4 rings (SSSR count). The minimum Gasteiger partial charge on any atom is -0.333 e. The zero-order valence-corrected chi connectivity index (χ0v) is 15.3. The average molecular weight is 359 g/mol. The number of fused-ring (bicyclic) bond motifs is 1. The number of rotatable bonds is 3. The van der Waals surface area contributed by atoms with Crippen LogP contribution in [-0.4, -0.2) is 27.1 Å². The van der Waals surface area contributed by atoms with Crippen molar-refractivity contribution in [1.29, 1.82) is 0 Å². The van der Waals surface area contributed by atoms with Crippen molar-refractivity contribution in [2.24, 2.45) is 0 Å². The molecule has 2 aromatic carbocycles. The SMILES string of the molecule is Cc1ccc(Cn2nc(C(=O)N3CCc4ccccc4C3)ccc2=O)cc1. The molecule has 5 nitrogen and oxygen atoms in total. The van der Waals surface area contributed by atoms with Gasteiger partial charge in [0, 0.05) is 19.2 Å². The summed E-state index contributed by atoms with van der Waals surface area (Å²) < 4.78 is 1.36. The normalized spacial score (nSPS) is 13.3. The Bertz CT molecular complexity index is 1040. The first kappa shape index (κ1) is 17.2. The van der Waals surface area contributed by atoms with Crippen LogP contribution in [0.4, 0.5) is 0 Å². The Kier molecular flexibility index (Phi) is 4.59. The van der Waals surface area contributed by atoms with Crippen LogP contribution < -0.4 is 5.56 Å². The maximum atomic E-state index is 12.9. The van der Waals surface area contributed by atoms with E-state index in [2.05, 4.69) is 17.2 Å². The predicted octanol–water partition coefficient (Wildman–Crippen LogP) is 2.80. The molecule has 0 atom stereocenters. The molecule has 1 aliphatic rings. The summed E-state index contributed by atoms with van der Waals surface area (Å²) >= 11 is 0. The van der Waals surface area contributed by atoms with Gasteiger partial charge in [0.2, 0.25) is 0 Å². The van der Waals surface area contributed by atoms with Crippen molar-refractivity contribution >= 4 is 5.91 Å². The van der Waals surface area contributed by atoms with E-state index in [1.807, 2.05) is 43.3 Å². The number of benzene rings is 2. The van der Waals surface area contributed by atoms with Gasteiger partial charge in [0.15, 0.2) is 0 Å². The smallest absolute Gasteiger partial charge is 0.274 e. The van der Waals surface area contributed by atoms with Crippen LogP contribution in [0.15, 0.2) is 65.5 Å². The molecule has 0 fully saturated rings. The molecule has 27 heavy (non-hydrogen) atoms. The van der Waals surface area contributed by atoms with E-state index in [4.69, 9.17) is 0 Å². The van der Waals surface area contributed by atoms with Crippen LogP contribution >= 0.6 is 0 Å². The molecule has 0 bridgehead atoms. The summed E-state index contributed by atoms with van der Waals surface area (Å²) in [4.78, 5) is 26.9. The van der Waals surface area contributed by atoms with Crippen LogP contribution in [0.25, 0.3) is 0 Å².